The van der Waals surface area contributed by atoms with E-state index in [4.69, 9.17) is 9.72 Å². The van der Waals surface area contributed by atoms with Gasteiger partial charge in [-0.15, -0.1) is 0 Å². The molecule has 0 atom stereocenters. The minimum absolute atomic E-state index is 0.529. The standard InChI is InChI=1S/C17H23N3OS/c1-2-15-17(18-7-1)20(12-13-5-10-22-11-6-13)16(19-15)14-3-8-21-9-4-14/h1-2,7,13-14H,3-6,8-12H2. The molecular weight excluding hydrogens is 294 g/mol. The van der Waals surface area contributed by atoms with Crippen LogP contribution in [0, 0.1) is 5.92 Å². The van der Waals surface area contributed by atoms with Crippen molar-refractivity contribution >= 4 is 22.9 Å². The Kier molecular flexibility index (Phi) is 4.35. The molecule has 2 aromatic rings. The summed E-state index contributed by atoms with van der Waals surface area (Å²) in [6, 6.07) is 4.09. The van der Waals surface area contributed by atoms with Gasteiger partial charge in [-0.1, -0.05) is 0 Å². The average Bonchev–Trinajstić information content (AvgIpc) is 2.95. The van der Waals surface area contributed by atoms with Gasteiger partial charge in [0.05, 0.1) is 0 Å². The summed E-state index contributed by atoms with van der Waals surface area (Å²) in [5.41, 5.74) is 2.12. The Morgan fingerprint density at radius 1 is 1.18 bits per heavy atom. The molecule has 0 saturated carbocycles. The fourth-order valence-electron chi connectivity index (χ4n) is 3.61. The molecule has 0 aliphatic carbocycles. The fourth-order valence-corrected chi connectivity index (χ4v) is 4.81. The SMILES string of the molecule is c1cnc2c(c1)nc(C1CCOCC1)n2CC1CCSCC1. The lowest BCUT2D eigenvalue weighted by Gasteiger charge is -2.26. The first-order chi connectivity index (χ1) is 10.9. The van der Waals surface area contributed by atoms with E-state index >= 15 is 0 Å². The van der Waals surface area contributed by atoms with Crippen molar-refractivity contribution in [3.63, 3.8) is 0 Å². The van der Waals surface area contributed by atoms with Crippen molar-refractivity contribution in [1.29, 1.82) is 0 Å². The third-order valence-corrected chi connectivity index (χ3v) is 5.95. The first-order valence-electron chi connectivity index (χ1n) is 8.38. The van der Waals surface area contributed by atoms with Gasteiger partial charge in [-0.2, -0.15) is 11.8 Å². The van der Waals surface area contributed by atoms with E-state index < -0.39 is 0 Å². The Morgan fingerprint density at radius 3 is 2.82 bits per heavy atom. The van der Waals surface area contributed by atoms with Gasteiger partial charge in [0.25, 0.3) is 0 Å². The maximum atomic E-state index is 5.53. The highest BCUT2D eigenvalue weighted by Gasteiger charge is 2.25. The number of pyridine rings is 1. The zero-order valence-corrected chi connectivity index (χ0v) is 13.7. The molecule has 4 heterocycles. The van der Waals surface area contributed by atoms with Crippen LogP contribution in [0.4, 0.5) is 0 Å². The summed E-state index contributed by atoms with van der Waals surface area (Å²) in [5, 5.41) is 0. The molecule has 2 aliphatic heterocycles. The number of hydrogen-bond donors (Lipinski definition) is 0. The lowest BCUT2D eigenvalue weighted by atomic mass is 9.98. The van der Waals surface area contributed by atoms with Crippen LogP contribution in [0.1, 0.15) is 37.4 Å². The average molecular weight is 317 g/mol. The number of fused-ring (bicyclic) bond motifs is 1. The normalized spacial score (nSPS) is 21.5. The van der Waals surface area contributed by atoms with Crippen molar-refractivity contribution in [1.82, 2.24) is 14.5 Å². The smallest absolute Gasteiger partial charge is 0.159 e. The Hall–Kier alpha value is -1.07. The summed E-state index contributed by atoms with van der Waals surface area (Å²) >= 11 is 2.09. The van der Waals surface area contributed by atoms with Crippen molar-refractivity contribution in [2.75, 3.05) is 24.7 Å². The third kappa shape index (κ3) is 2.88. The summed E-state index contributed by atoms with van der Waals surface area (Å²) in [6.45, 7) is 2.81. The summed E-state index contributed by atoms with van der Waals surface area (Å²) in [6.07, 6.45) is 6.72. The number of hydrogen-bond acceptors (Lipinski definition) is 4. The Balaban J connectivity index is 1.69. The number of ether oxygens (including phenoxy) is 1. The highest BCUT2D eigenvalue weighted by Crippen LogP contribution is 2.31. The van der Waals surface area contributed by atoms with Gasteiger partial charge in [-0.3, -0.25) is 0 Å². The molecule has 2 fully saturated rings. The number of imidazole rings is 1. The van der Waals surface area contributed by atoms with Crippen LogP contribution in [0.5, 0.6) is 0 Å². The number of aromatic nitrogens is 3. The molecule has 0 N–H and O–H groups in total. The van der Waals surface area contributed by atoms with E-state index in [0.29, 0.717) is 5.92 Å². The molecule has 2 aromatic heterocycles. The molecule has 4 rings (SSSR count). The van der Waals surface area contributed by atoms with E-state index in [1.807, 2.05) is 12.3 Å². The van der Waals surface area contributed by atoms with Gasteiger partial charge in [0.15, 0.2) is 5.65 Å². The van der Waals surface area contributed by atoms with Crippen LogP contribution in [-0.4, -0.2) is 39.3 Å². The molecule has 2 aliphatic rings. The molecule has 0 radical (unpaired) electrons. The maximum absolute atomic E-state index is 5.53. The molecule has 0 spiro atoms. The summed E-state index contributed by atoms with van der Waals surface area (Å²) in [4.78, 5) is 9.57. The van der Waals surface area contributed by atoms with Gasteiger partial charge < -0.3 is 9.30 Å². The van der Waals surface area contributed by atoms with E-state index in [1.165, 1.54) is 30.2 Å². The highest BCUT2D eigenvalue weighted by atomic mass is 32.2. The maximum Gasteiger partial charge on any atom is 0.159 e. The van der Waals surface area contributed by atoms with Crippen molar-refractivity contribution < 1.29 is 4.74 Å². The Morgan fingerprint density at radius 2 is 2.00 bits per heavy atom. The summed E-state index contributed by atoms with van der Waals surface area (Å²) in [7, 11) is 0. The topological polar surface area (TPSA) is 39.9 Å². The molecule has 0 aromatic carbocycles. The molecule has 0 unspecified atom stereocenters. The number of rotatable bonds is 3. The highest BCUT2D eigenvalue weighted by molar-refractivity contribution is 7.99. The lowest BCUT2D eigenvalue weighted by molar-refractivity contribution is 0.0827. The summed E-state index contributed by atoms with van der Waals surface area (Å²) in [5.74, 6) is 5.16. The van der Waals surface area contributed by atoms with E-state index in [1.54, 1.807) is 0 Å². The second-order valence-corrected chi connectivity index (χ2v) is 7.59. The molecule has 4 nitrogen and oxygen atoms in total. The van der Waals surface area contributed by atoms with Gasteiger partial charge in [-0.05, 0) is 55.2 Å². The van der Waals surface area contributed by atoms with Gasteiger partial charge in [0.2, 0.25) is 0 Å². The molecule has 5 heteroatoms. The fraction of sp³-hybridized carbons (Fsp3) is 0.647. The Bertz CT molecular complexity index is 630. The largest absolute Gasteiger partial charge is 0.381 e. The zero-order valence-electron chi connectivity index (χ0n) is 12.9. The second-order valence-electron chi connectivity index (χ2n) is 6.37. The molecule has 118 valence electrons. The number of thioether (sulfide) groups is 1. The molecule has 2 saturated heterocycles. The van der Waals surface area contributed by atoms with Crippen LogP contribution in [0.25, 0.3) is 11.2 Å². The quantitative estimate of drug-likeness (QED) is 0.869. The summed E-state index contributed by atoms with van der Waals surface area (Å²) < 4.78 is 7.95. The van der Waals surface area contributed by atoms with Gasteiger partial charge >= 0.3 is 0 Å². The zero-order chi connectivity index (χ0) is 14.8. The monoisotopic (exact) mass is 317 g/mol. The first kappa shape index (κ1) is 14.5. The predicted molar refractivity (Wildman–Crippen MR) is 90.4 cm³/mol. The van der Waals surface area contributed by atoms with Crippen LogP contribution < -0.4 is 0 Å². The lowest BCUT2D eigenvalue weighted by Crippen LogP contribution is -2.22. The van der Waals surface area contributed by atoms with Gasteiger partial charge in [0, 0.05) is 31.9 Å². The minimum atomic E-state index is 0.529. The van der Waals surface area contributed by atoms with E-state index in [9.17, 15) is 0 Å². The second kappa shape index (κ2) is 6.59. The van der Waals surface area contributed by atoms with E-state index in [0.717, 1.165) is 49.7 Å². The number of nitrogens with zero attached hydrogens (tertiary/aromatic N) is 3. The van der Waals surface area contributed by atoms with Gasteiger partial charge in [0.1, 0.15) is 11.3 Å². The molecule has 0 bridgehead atoms. The van der Waals surface area contributed by atoms with Crippen molar-refractivity contribution in [3.05, 3.63) is 24.2 Å². The van der Waals surface area contributed by atoms with E-state index in [2.05, 4.69) is 27.4 Å². The minimum Gasteiger partial charge on any atom is -0.381 e. The molecule has 0 amide bonds. The van der Waals surface area contributed by atoms with Crippen LogP contribution in [0.15, 0.2) is 18.3 Å². The van der Waals surface area contributed by atoms with Crippen LogP contribution in [0.2, 0.25) is 0 Å². The van der Waals surface area contributed by atoms with Crippen molar-refractivity contribution in [3.8, 4) is 0 Å². The van der Waals surface area contributed by atoms with Crippen LogP contribution >= 0.6 is 11.8 Å². The first-order valence-corrected chi connectivity index (χ1v) is 9.54. The molecule has 22 heavy (non-hydrogen) atoms. The predicted octanol–water partition coefficient (Wildman–Crippen LogP) is 3.47. The Labute approximate surface area is 135 Å². The van der Waals surface area contributed by atoms with Crippen molar-refractivity contribution in [2.24, 2.45) is 5.92 Å². The van der Waals surface area contributed by atoms with E-state index in [-0.39, 0.29) is 0 Å². The van der Waals surface area contributed by atoms with Crippen LogP contribution in [-0.2, 0) is 11.3 Å². The molecular formula is C17H23N3OS. The van der Waals surface area contributed by atoms with Crippen LogP contribution in [0.3, 0.4) is 0 Å². The third-order valence-electron chi connectivity index (χ3n) is 4.90. The van der Waals surface area contributed by atoms with Gasteiger partial charge in [-0.25, -0.2) is 9.97 Å². The van der Waals surface area contributed by atoms with Crippen molar-refractivity contribution in [2.45, 2.75) is 38.1 Å².